The number of hydrogen-bond acceptors (Lipinski definition) is 3. The van der Waals surface area contributed by atoms with Crippen LogP contribution in [0.25, 0.3) is 0 Å². The number of anilines is 1. The molecule has 0 radical (unpaired) electrons. The molecule has 2 N–H and O–H groups in total. The molecule has 0 amide bonds. The van der Waals surface area contributed by atoms with Crippen LogP contribution in [0.3, 0.4) is 0 Å². The number of halogens is 2. The fourth-order valence-electron chi connectivity index (χ4n) is 1.60. The van der Waals surface area contributed by atoms with Crippen molar-refractivity contribution < 1.29 is 14.3 Å². The maximum atomic E-state index is 13.2. The van der Waals surface area contributed by atoms with Crippen molar-refractivity contribution in [1.82, 2.24) is 0 Å². The standard InChI is InChI=1S/C13H11ClFNO2S/c1-7-8(4-12(19-7)13(17)18)6-16-9-2-3-10(14)11(15)5-9/h2-5,16H,6H2,1H3,(H,17,18). The molecule has 2 rings (SSSR count). The van der Waals surface area contributed by atoms with Crippen molar-refractivity contribution in [3.05, 3.63) is 50.4 Å². The summed E-state index contributed by atoms with van der Waals surface area (Å²) < 4.78 is 13.2. The lowest BCUT2D eigenvalue weighted by Gasteiger charge is -2.06. The Bertz CT molecular complexity index is 627. The number of benzene rings is 1. The number of aryl methyl sites for hydroxylation is 1. The second-order valence-electron chi connectivity index (χ2n) is 3.98. The smallest absolute Gasteiger partial charge is 0.345 e. The maximum absolute atomic E-state index is 13.2. The Balaban J connectivity index is 2.09. The van der Waals surface area contributed by atoms with E-state index in [2.05, 4.69) is 5.32 Å². The summed E-state index contributed by atoms with van der Waals surface area (Å²) in [5.41, 5.74) is 1.49. The van der Waals surface area contributed by atoms with Gasteiger partial charge in [-0.05, 0) is 36.8 Å². The van der Waals surface area contributed by atoms with Gasteiger partial charge in [-0.1, -0.05) is 11.6 Å². The van der Waals surface area contributed by atoms with Gasteiger partial charge in [-0.15, -0.1) is 11.3 Å². The fraction of sp³-hybridized carbons (Fsp3) is 0.154. The van der Waals surface area contributed by atoms with Gasteiger partial charge in [0, 0.05) is 17.1 Å². The third-order valence-corrected chi connectivity index (χ3v) is 4.02. The second kappa shape index (κ2) is 5.59. The average molecular weight is 300 g/mol. The summed E-state index contributed by atoms with van der Waals surface area (Å²) in [4.78, 5) is 12.1. The number of nitrogens with one attached hydrogen (secondary N) is 1. The topological polar surface area (TPSA) is 49.3 Å². The van der Waals surface area contributed by atoms with E-state index in [0.29, 0.717) is 17.1 Å². The second-order valence-corrected chi connectivity index (χ2v) is 5.64. The van der Waals surface area contributed by atoms with Crippen LogP contribution in [0.15, 0.2) is 24.3 Å². The molecule has 3 nitrogen and oxygen atoms in total. The number of carboxylic acid groups (broad SMARTS) is 1. The Hall–Kier alpha value is -1.59. The molecular weight excluding hydrogens is 289 g/mol. The quantitative estimate of drug-likeness (QED) is 0.891. The van der Waals surface area contributed by atoms with E-state index in [9.17, 15) is 9.18 Å². The van der Waals surface area contributed by atoms with Gasteiger partial charge in [-0.3, -0.25) is 0 Å². The van der Waals surface area contributed by atoms with Gasteiger partial charge in [0.2, 0.25) is 0 Å². The molecule has 6 heteroatoms. The van der Waals surface area contributed by atoms with E-state index in [1.165, 1.54) is 23.5 Å². The summed E-state index contributed by atoms with van der Waals surface area (Å²) in [5.74, 6) is -1.42. The van der Waals surface area contributed by atoms with E-state index in [-0.39, 0.29) is 5.02 Å². The monoisotopic (exact) mass is 299 g/mol. The van der Waals surface area contributed by atoms with E-state index < -0.39 is 11.8 Å². The lowest BCUT2D eigenvalue weighted by Crippen LogP contribution is -2.00. The summed E-state index contributed by atoms with van der Waals surface area (Å²) in [6.07, 6.45) is 0. The zero-order valence-electron chi connectivity index (χ0n) is 10.0. The van der Waals surface area contributed by atoms with Crippen LogP contribution >= 0.6 is 22.9 Å². The molecule has 1 aromatic heterocycles. The normalized spacial score (nSPS) is 10.5. The molecule has 1 aromatic carbocycles. The summed E-state index contributed by atoms with van der Waals surface area (Å²) >= 11 is 6.82. The number of carboxylic acids is 1. The van der Waals surface area contributed by atoms with E-state index in [1.54, 1.807) is 12.1 Å². The highest BCUT2D eigenvalue weighted by Gasteiger charge is 2.11. The Morgan fingerprint density at radius 3 is 2.79 bits per heavy atom. The van der Waals surface area contributed by atoms with E-state index in [0.717, 1.165) is 10.4 Å². The Morgan fingerprint density at radius 2 is 2.21 bits per heavy atom. The highest BCUT2D eigenvalue weighted by Crippen LogP contribution is 2.24. The molecule has 19 heavy (non-hydrogen) atoms. The van der Waals surface area contributed by atoms with Crippen molar-refractivity contribution in [2.45, 2.75) is 13.5 Å². The van der Waals surface area contributed by atoms with Gasteiger partial charge >= 0.3 is 5.97 Å². The number of carbonyl (C=O) groups is 1. The van der Waals surface area contributed by atoms with Crippen molar-refractivity contribution in [2.24, 2.45) is 0 Å². The van der Waals surface area contributed by atoms with Gasteiger partial charge in [0.15, 0.2) is 0 Å². The third-order valence-electron chi connectivity index (χ3n) is 2.63. The first-order chi connectivity index (χ1) is 8.97. The highest BCUT2D eigenvalue weighted by molar-refractivity contribution is 7.14. The number of rotatable bonds is 4. The van der Waals surface area contributed by atoms with Crippen molar-refractivity contribution in [3.63, 3.8) is 0 Å². The number of thiophene rings is 1. The summed E-state index contributed by atoms with van der Waals surface area (Å²) in [6, 6.07) is 6.08. The van der Waals surface area contributed by atoms with Crippen LogP contribution in [-0.2, 0) is 6.54 Å². The van der Waals surface area contributed by atoms with Crippen LogP contribution in [0, 0.1) is 12.7 Å². The Labute approximate surface area is 118 Å². The Kier molecular flexibility index (Phi) is 4.07. The van der Waals surface area contributed by atoms with Crippen LogP contribution in [-0.4, -0.2) is 11.1 Å². The largest absolute Gasteiger partial charge is 0.477 e. The number of hydrogen-bond donors (Lipinski definition) is 2. The fourth-order valence-corrected chi connectivity index (χ4v) is 2.60. The molecule has 0 saturated carbocycles. The first-order valence-electron chi connectivity index (χ1n) is 5.49. The average Bonchev–Trinajstić information content (AvgIpc) is 2.73. The molecule has 0 fully saturated rings. The van der Waals surface area contributed by atoms with Crippen LogP contribution < -0.4 is 5.32 Å². The van der Waals surface area contributed by atoms with Crippen molar-refractivity contribution in [1.29, 1.82) is 0 Å². The molecule has 1 heterocycles. The molecule has 0 unspecified atom stereocenters. The summed E-state index contributed by atoms with van der Waals surface area (Å²) in [5, 5.41) is 12.0. The van der Waals surface area contributed by atoms with Crippen molar-refractivity contribution >= 4 is 34.6 Å². The van der Waals surface area contributed by atoms with Crippen LogP contribution in [0.2, 0.25) is 5.02 Å². The minimum atomic E-state index is -0.933. The summed E-state index contributed by atoms with van der Waals surface area (Å²) in [7, 11) is 0. The summed E-state index contributed by atoms with van der Waals surface area (Å²) in [6.45, 7) is 2.30. The van der Waals surface area contributed by atoms with E-state index in [4.69, 9.17) is 16.7 Å². The molecule has 2 aromatic rings. The zero-order chi connectivity index (χ0) is 14.0. The SMILES string of the molecule is Cc1sc(C(=O)O)cc1CNc1ccc(Cl)c(F)c1. The minimum absolute atomic E-state index is 0.0745. The molecule has 0 spiro atoms. The maximum Gasteiger partial charge on any atom is 0.345 e. The van der Waals surface area contributed by atoms with Gasteiger partial charge in [0.25, 0.3) is 0 Å². The molecule has 0 saturated heterocycles. The molecule has 0 bridgehead atoms. The van der Waals surface area contributed by atoms with Crippen LogP contribution in [0.5, 0.6) is 0 Å². The van der Waals surface area contributed by atoms with Crippen molar-refractivity contribution in [3.8, 4) is 0 Å². The van der Waals surface area contributed by atoms with Crippen molar-refractivity contribution in [2.75, 3.05) is 5.32 Å². The first kappa shape index (κ1) is 13.8. The van der Waals surface area contributed by atoms with Gasteiger partial charge in [0.1, 0.15) is 10.7 Å². The van der Waals surface area contributed by atoms with Gasteiger partial charge < -0.3 is 10.4 Å². The van der Waals surface area contributed by atoms with Crippen LogP contribution in [0.1, 0.15) is 20.1 Å². The molecule has 100 valence electrons. The lowest BCUT2D eigenvalue weighted by molar-refractivity contribution is 0.0702. The molecule has 0 aliphatic carbocycles. The van der Waals surface area contributed by atoms with E-state index >= 15 is 0 Å². The number of aromatic carboxylic acids is 1. The van der Waals surface area contributed by atoms with Gasteiger partial charge in [0.05, 0.1) is 5.02 Å². The highest BCUT2D eigenvalue weighted by atomic mass is 35.5. The minimum Gasteiger partial charge on any atom is -0.477 e. The zero-order valence-corrected chi connectivity index (χ0v) is 11.6. The lowest BCUT2D eigenvalue weighted by atomic mass is 10.2. The first-order valence-corrected chi connectivity index (χ1v) is 6.68. The molecule has 0 aliphatic heterocycles. The van der Waals surface area contributed by atoms with Gasteiger partial charge in [-0.25, -0.2) is 9.18 Å². The predicted octanol–water partition coefficient (Wildman–Crippen LogP) is 4.16. The van der Waals surface area contributed by atoms with E-state index in [1.807, 2.05) is 6.92 Å². The predicted molar refractivity (Wildman–Crippen MR) is 74.8 cm³/mol. The van der Waals surface area contributed by atoms with Crippen LogP contribution in [0.4, 0.5) is 10.1 Å². The molecule has 0 aliphatic rings. The molecular formula is C13H11ClFNO2S. The third kappa shape index (κ3) is 3.24. The Morgan fingerprint density at radius 1 is 1.47 bits per heavy atom. The molecule has 0 atom stereocenters. The van der Waals surface area contributed by atoms with Gasteiger partial charge in [-0.2, -0.15) is 0 Å².